The molecule has 0 bridgehead atoms. The fraction of sp³-hybridized carbons (Fsp3) is 0.278. The van der Waals surface area contributed by atoms with Gasteiger partial charge in [-0.15, -0.1) is 0 Å². The van der Waals surface area contributed by atoms with Gasteiger partial charge in [0.15, 0.2) is 0 Å². The van der Waals surface area contributed by atoms with Crippen molar-refractivity contribution in [1.82, 2.24) is 0 Å². The maximum absolute atomic E-state index is 12.4. The Balaban J connectivity index is 2.19. The molecule has 0 spiro atoms. The SMILES string of the molecule is CCOc1ccccc1NC(=O)CN(c1ccc(OC)cc1)S(C)(=O)=O. The van der Waals surface area contributed by atoms with Crippen LogP contribution in [-0.2, 0) is 14.8 Å². The molecule has 2 aromatic carbocycles. The van der Waals surface area contributed by atoms with Crippen LogP contribution in [-0.4, -0.2) is 40.8 Å². The number of nitrogens with one attached hydrogen (secondary N) is 1. The molecule has 2 aromatic rings. The summed E-state index contributed by atoms with van der Waals surface area (Å²) in [5.41, 5.74) is 0.865. The number of ether oxygens (including phenoxy) is 2. The van der Waals surface area contributed by atoms with E-state index in [1.807, 2.05) is 6.92 Å². The van der Waals surface area contributed by atoms with Crippen molar-refractivity contribution < 1.29 is 22.7 Å². The lowest BCUT2D eigenvalue weighted by atomic mass is 10.3. The fourth-order valence-electron chi connectivity index (χ4n) is 2.32. The average molecular weight is 378 g/mol. The van der Waals surface area contributed by atoms with Crippen molar-refractivity contribution in [2.75, 3.05) is 36.1 Å². The van der Waals surface area contributed by atoms with Gasteiger partial charge in [-0.25, -0.2) is 8.42 Å². The number of methoxy groups -OCH3 is 1. The van der Waals surface area contributed by atoms with Crippen LogP contribution in [0, 0.1) is 0 Å². The van der Waals surface area contributed by atoms with Crippen molar-refractivity contribution in [3.63, 3.8) is 0 Å². The highest BCUT2D eigenvalue weighted by Crippen LogP contribution is 2.25. The van der Waals surface area contributed by atoms with E-state index in [0.29, 0.717) is 29.5 Å². The first-order chi connectivity index (χ1) is 12.3. The number of amides is 1. The summed E-state index contributed by atoms with van der Waals surface area (Å²) in [6.45, 7) is 1.94. The summed E-state index contributed by atoms with van der Waals surface area (Å²) in [6, 6.07) is 13.4. The minimum absolute atomic E-state index is 0.356. The van der Waals surface area contributed by atoms with Crippen LogP contribution in [0.15, 0.2) is 48.5 Å². The smallest absolute Gasteiger partial charge is 0.245 e. The van der Waals surface area contributed by atoms with Crippen LogP contribution in [0.25, 0.3) is 0 Å². The van der Waals surface area contributed by atoms with Crippen LogP contribution in [0.2, 0.25) is 0 Å². The van der Waals surface area contributed by atoms with Gasteiger partial charge in [0.25, 0.3) is 0 Å². The van der Waals surface area contributed by atoms with E-state index < -0.39 is 15.9 Å². The first kappa shape index (κ1) is 19.6. The zero-order valence-electron chi connectivity index (χ0n) is 14.9. The van der Waals surface area contributed by atoms with Crippen LogP contribution in [0.5, 0.6) is 11.5 Å². The summed E-state index contributed by atoms with van der Waals surface area (Å²) in [7, 11) is -2.12. The molecule has 0 heterocycles. The van der Waals surface area contributed by atoms with Crippen LogP contribution in [0.4, 0.5) is 11.4 Å². The predicted octanol–water partition coefficient (Wildman–Crippen LogP) is 2.50. The zero-order valence-corrected chi connectivity index (χ0v) is 15.7. The van der Waals surface area contributed by atoms with Crippen molar-refractivity contribution in [2.45, 2.75) is 6.92 Å². The zero-order chi connectivity index (χ0) is 19.2. The van der Waals surface area contributed by atoms with E-state index in [1.165, 1.54) is 7.11 Å². The largest absolute Gasteiger partial charge is 0.497 e. The Labute approximate surface area is 153 Å². The van der Waals surface area contributed by atoms with E-state index in [2.05, 4.69) is 5.32 Å². The summed E-state index contributed by atoms with van der Waals surface area (Å²) in [5, 5.41) is 2.70. The van der Waals surface area contributed by atoms with Crippen molar-refractivity contribution >= 4 is 27.3 Å². The Morgan fingerprint density at radius 3 is 2.35 bits per heavy atom. The quantitative estimate of drug-likeness (QED) is 0.763. The van der Waals surface area contributed by atoms with Gasteiger partial charge in [0.1, 0.15) is 18.0 Å². The van der Waals surface area contributed by atoms with E-state index >= 15 is 0 Å². The summed E-state index contributed by atoms with van der Waals surface area (Å²) in [4.78, 5) is 12.4. The first-order valence-corrected chi connectivity index (χ1v) is 9.83. The van der Waals surface area contributed by atoms with E-state index in [1.54, 1.807) is 48.5 Å². The van der Waals surface area contributed by atoms with Crippen molar-refractivity contribution in [3.05, 3.63) is 48.5 Å². The minimum atomic E-state index is -3.64. The molecular weight excluding hydrogens is 356 g/mol. The number of para-hydroxylation sites is 2. The summed E-state index contributed by atoms with van der Waals surface area (Å²) in [5.74, 6) is 0.648. The highest BCUT2D eigenvalue weighted by atomic mass is 32.2. The van der Waals surface area contributed by atoms with Gasteiger partial charge >= 0.3 is 0 Å². The predicted molar refractivity (Wildman–Crippen MR) is 101 cm³/mol. The molecule has 0 aromatic heterocycles. The third-order valence-electron chi connectivity index (χ3n) is 3.51. The molecular formula is C18H22N2O5S. The molecule has 0 aliphatic heterocycles. The Morgan fingerprint density at radius 1 is 1.12 bits per heavy atom. The Hall–Kier alpha value is -2.74. The molecule has 0 radical (unpaired) electrons. The maximum atomic E-state index is 12.4. The van der Waals surface area contributed by atoms with Crippen molar-refractivity contribution in [3.8, 4) is 11.5 Å². The van der Waals surface area contributed by atoms with Gasteiger partial charge in [0.2, 0.25) is 15.9 Å². The van der Waals surface area contributed by atoms with E-state index in [9.17, 15) is 13.2 Å². The molecule has 0 unspecified atom stereocenters. The summed E-state index contributed by atoms with van der Waals surface area (Å²) >= 11 is 0. The molecule has 0 aliphatic rings. The third kappa shape index (κ3) is 5.13. The molecule has 0 aliphatic carbocycles. The van der Waals surface area contributed by atoms with Crippen LogP contribution in [0.1, 0.15) is 6.92 Å². The van der Waals surface area contributed by atoms with Gasteiger partial charge in [0, 0.05) is 0 Å². The third-order valence-corrected chi connectivity index (χ3v) is 4.65. The van der Waals surface area contributed by atoms with Gasteiger partial charge < -0.3 is 14.8 Å². The number of nitrogens with zero attached hydrogens (tertiary/aromatic N) is 1. The molecule has 0 fully saturated rings. The Morgan fingerprint density at radius 2 is 1.77 bits per heavy atom. The molecule has 0 saturated carbocycles. The van der Waals surface area contributed by atoms with Gasteiger partial charge in [-0.1, -0.05) is 12.1 Å². The average Bonchev–Trinajstić information content (AvgIpc) is 2.61. The second kappa shape index (κ2) is 8.57. The molecule has 0 atom stereocenters. The normalized spacial score (nSPS) is 10.9. The highest BCUT2D eigenvalue weighted by molar-refractivity contribution is 7.92. The Bertz CT molecular complexity index is 850. The van der Waals surface area contributed by atoms with Crippen molar-refractivity contribution in [2.24, 2.45) is 0 Å². The fourth-order valence-corrected chi connectivity index (χ4v) is 3.18. The number of sulfonamides is 1. The number of carbonyl (C=O) groups excluding carboxylic acids is 1. The molecule has 1 amide bonds. The van der Waals surface area contributed by atoms with Crippen LogP contribution >= 0.6 is 0 Å². The van der Waals surface area contributed by atoms with Gasteiger partial charge in [-0.2, -0.15) is 0 Å². The molecule has 1 N–H and O–H groups in total. The number of hydrogen-bond donors (Lipinski definition) is 1. The van der Waals surface area contributed by atoms with Crippen molar-refractivity contribution in [1.29, 1.82) is 0 Å². The standard InChI is InChI=1S/C18H22N2O5S/c1-4-25-17-8-6-5-7-16(17)19-18(21)13-20(26(3,22)23)14-9-11-15(24-2)12-10-14/h5-12H,4,13H2,1-3H3,(H,19,21). The Kier molecular flexibility index (Phi) is 6.46. The van der Waals surface area contributed by atoms with Gasteiger partial charge in [0.05, 0.1) is 31.3 Å². The molecule has 8 heteroatoms. The monoisotopic (exact) mass is 378 g/mol. The lowest BCUT2D eigenvalue weighted by Gasteiger charge is -2.22. The van der Waals surface area contributed by atoms with Gasteiger partial charge in [-0.3, -0.25) is 9.10 Å². The summed E-state index contributed by atoms with van der Waals surface area (Å²) in [6.07, 6.45) is 1.05. The highest BCUT2D eigenvalue weighted by Gasteiger charge is 2.21. The van der Waals surface area contributed by atoms with E-state index in [4.69, 9.17) is 9.47 Å². The number of rotatable bonds is 8. The molecule has 26 heavy (non-hydrogen) atoms. The second-order valence-electron chi connectivity index (χ2n) is 5.45. The molecule has 140 valence electrons. The lowest BCUT2D eigenvalue weighted by molar-refractivity contribution is -0.114. The molecule has 2 rings (SSSR count). The molecule has 0 saturated heterocycles. The van der Waals surface area contributed by atoms with Crippen LogP contribution in [0.3, 0.4) is 0 Å². The first-order valence-electron chi connectivity index (χ1n) is 7.98. The van der Waals surface area contributed by atoms with E-state index in [0.717, 1.165) is 10.6 Å². The summed E-state index contributed by atoms with van der Waals surface area (Å²) < 4.78 is 35.8. The number of carbonyl (C=O) groups is 1. The second-order valence-corrected chi connectivity index (χ2v) is 7.35. The molecule has 7 nitrogen and oxygen atoms in total. The topological polar surface area (TPSA) is 84.9 Å². The number of benzene rings is 2. The lowest BCUT2D eigenvalue weighted by Crippen LogP contribution is -2.37. The maximum Gasteiger partial charge on any atom is 0.245 e. The number of anilines is 2. The van der Waals surface area contributed by atoms with Crippen LogP contribution < -0.4 is 19.1 Å². The van der Waals surface area contributed by atoms with Gasteiger partial charge in [-0.05, 0) is 43.3 Å². The minimum Gasteiger partial charge on any atom is -0.497 e. The number of hydrogen-bond acceptors (Lipinski definition) is 5. The van der Waals surface area contributed by atoms with E-state index in [-0.39, 0.29) is 6.54 Å².